The Bertz CT molecular complexity index is 644. The minimum Gasteiger partial charge on any atom is -0.497 e. The van der Waals surface area contributed by atoms with Gasteiger partial charge in [-0.05, 0) is 30.0 Å². The molecule has 0 spiro atoms. The second-order valence-corrected chi connectivity index (χ2v) is 5.34. The molecule has 2 N–H and O–H groups in total. The Morgan fingerprint density at radius 3 is 2.55 bits per heavy atom. The maximum atomic E-state index is 5.79. The molecule has 5 nitrogen and oxygen atoms in total. The normalized spacial score (nSPS) is 12.0. The minimum atomic E-state index is 0.386. The first-order chi connectivity index (χ1) is 10.6. The predicted molar refractivity (Wildman–Crippen MR) is 87.5 cm³/mol. The second-order valence-electron chi connectivity index (χ2n) is 5.34. The highest BCUT2D eigenvalue weighted by Crippen LogP contribution is 2.29. The van der Waals surface area contributed by atoms with E-state index in [0.717, 1.165) is 34.7 Å². The summed E-state index contributed by atoms with van der Waals surface area (Å²) < 4.78 is 10.7. The van der Waals surface area contributed by atoms with Crippen molar-refractivity contribution >= 4 is 5.82 Å². The molecule has 0 amide bonds. The molecule has 1 aromatic carbocycles. The standard InChI is InChI=1S/C17H23N3O2/c1-5-11(2)14-10-17(18)20-19-15(14)8-12-6-7-13(21-3)9-16(12)22-4/h6-7,9-11H,5,8H2,1-4H3,(H2,18,20). The number of ether oxygens (including phenoxy) is 2. The topological polar surface area (TPSA) is 70.3 Å². The van der Waals surface area contributed by atoms with Crippen LogP contribution in [0.2, 0.25) is 0 Å². The van der Waals surface area contributed by atoms with Crippen LogP contribution in [0.15, 0.2) is 24.3 Å². The monoisotopic (exact) mass is 301 g/mol. The maximum Gasteiger partial charge on any atom is 0.146 e. The fraction of sp³-hybridized carbons (Fsp3) is 0.412. The number of aromatic nitrogens is 2. The zero-order chi connectivity index (χ0) is 16.1. The quantitative estimate of drug-likeness (QED) is 0.887. The summed E-state index contributed by atoms with van der Waals surface area (Å²) in [6.45, 7) is 4.32. The number of benzene rings is 1. The first kappa shape index (κ1) is 16.1. The van der Waals surface area contributed by atoms with Gasteiger partial charge in [-0.15, -0.1) is 5.10 Å². The third-order valence-corrected chi connectivity index (χ3v) is 3.92. The molecule has 0 bridgehead atoms. The highest BCUT2D eigenvalue weighted by atomic mass is 16.5. The van der Waals surface area contributed by atoms with E-state index in [4.69, 9.17) is 15.2 Å². The Morgan fingerprint density at radius 2 is 1.91 bits per heavy atom. The Hall–Kier alpha value is -2.30. The van der Waals surface area contributed by atoms with Crippen molar-refractivity contribution in [3.05, 3.63) is 41.1 Å². The summed E-state index contributed by atoms with van der Waals surface area (Å²) in [5.41, 5.74) is 8.92. The minimum absolute atomic E-state index is 0.386. The molecule has 0 fully saturated rings. The number of nitrogen functional groups attached to an aromatic ring is 1. The molecule has 0 radical (unpaired) electrons. The van der Waals surface area contributed by atoms with Crippen LogP contribution in [0.4, 0.5) is 5.82 Å². The van der Waals surface area contributed by atoms with Gasteiger partial charge in [0.25, 0.3) is 0 Å². The van der Waals surface area contributed by atoms with Gasteiger partial charge in [0.15, 0.2) is 0 Å². The SMILES string of the molecule is CCC(C)c1cc(N)nnc1Cc1ccc(OC)cc1OC. The molecule has 2 rings (SSSR count). The number of anilines is 1. The van der Waals surface area contributed by atoms with E-state index in [1.54, 1.807) is 14.2 Å². The summed E-state index contributed by atoms with van der Waals surface area (Å²) in [7, 11) is 3.30. The second kappa shape index (κ2) is 7.11. The zero-order valence-electron chi connectivity index (χ0n) is 13.6. The summed E-state index contributed by atoms with van der Waals surface area (Å²) in [5, 5.41) is 8.30. The lowest BCUT2D eigenvalue weighted by molar-refractivity contribution is 0.391. The van der Waals surface area contributed by atoms with Crippen LogP contribution in [0, 0.1) is 0 Å². The van der Waals surface area contributed by atoms with Crippen LogP contribution in [0.25, 0.3) is 0 Å². The molecule has 0 aliphatic rings. The summed E-state index contributed by atoms with van der Waals surface area (Å²) in [5.74, 6) is 2.40. The van der Waals surface area contributed by atoms with Crippen LogP contribution < -0.4 is 15.2 Å². The molecule has 0 aliphatic heterocycles. The van der Waals surface area contributed by atoms with Crippen molar-refractivity contribution in [2.45, 2.75) is 32.6 Å². The molecule has 0 saturated carbocycles. The van der Waals surface area contributed by atoms with E-state index < -0.39 is 0 Å². The van der Waals surface area contributed by atoms with Gasteiger partial charge in [-0.2, -0.15) is 5.10 Å². The highest BCUT2D eigenvalue weighted by molar-refractivity contribution is 5.44. The Labute approximate surface area is 131 Å². The molecular weight excluding hydrogens is 278 g/mol. The van der Waals surface area contributed by atoms with Crippen molar-refractivity contribution in [1.29, 1.82) is 0 Å². The number of methoxy groups -OCH3 is 2. The summed E-state index contributed by atoms with van der Waals surface area (Å²) in [6, 6.07) is 7.72. The summed E-state index contributed by atoms with van der Waals surface area (Å²) in [6.07, 6.45) is 1.68. The van der Waals surface area contributed by atoms with E-state index in [1.807, 2.05) is 24.3 Å². The van der Waals surface area contributed by atoms with Crippen LogP contribution >= 0.6 is 0 Å². The Balaban J connectivity index is 2.38. The summed E-state index contributed by atoms with van der Waals surface area (Å²) in [4.78, 5) is 0. The fourth-order valence-electron chi connectivity index (χ4n) is 2.41. The van der Waals surface area contributed by atoms with Crippen molar-refractivity contribution < 1.29 is 9.47 Å². The Kier molecular flexibility index (Phi) is 5.20. The Morgan fingerprint density at radius 1 is 1.14 bits per heavy atom. The average Bonchev–Trinajstić information content (AvgIpc) is 2.55. The van der Waals surface area contributed by atoms with Gasteiger partial charge in [0, 0.05) is 18.1 Å². The predicted octanol–water partition coefficient (Wildman–Crippen LogP) is 3.18. The first-order valence-electron chi connectivity index (χ1n) is 7.41. The van der Waals surface area contributed by atoms with Gasteiger partial charge in [-0.3, -0.25) is 0 Å². The van der Waals surface area contributed by atoms with Gasteiger partial charge in [0.05, 0.1) is 19.9 Å². The van der Waals surface area contributed by atoms with Crippen molar-refractivity contribution in [2.24, 2.45) is 0 Å². The lowest BCUT2D eigenvalue weighted by Gasteiger charge is -2.15. The van der Waals surface area contributed by atoms with Crippen LogP contribution in [-0.2, 0) is 6.42 Å². The van der Waals surface area contributed by atoms with E-state index >= 15 is 0 Å². The van der Waals surface area contributed by atoms with Crippen molar-refractivity contribution in [2.75, 3.05) is 20.0 Å². The maximum absolute atomic E-state index is 5.79. The average molecular weight is 301 g/mol. The number of hydrogen-bond acceptors (Lipinski definition) is 5. The molecule has 1 aromatic heterocycles. The molecule has 22 heavy (non-hydrogen) atoms. The first-order valence-corrected chi connectivity index (χ1v) is 7.41. The molecule has 1 atom stereocenters. The molecule has 1 heterocycles. The van der Waals surface area contributed by atoms with Crippen molar-refractivity contribution in [3.8, 4) is 11.5 Å². The molecule has 0 saturated heterocycles. The van der Waals surface area contributed by atoms with Crippen molar-refractivity contribution in [3.63, 3.8) is 0 Å². The van der Waals surface area contributed by atoms with Crippen LogP contribution in [0.5, 0.6) is 11.5 Å². The molecule has 5 heteroatoms. The van der Waals surface area contributed by atoms with Gasteiger partial charge >= 0.3 is 0 Å². The van der Waals surface area contributed by atoms with Gasteiger partial charge in [-0.1, -0.05) is 19.9 Å². The molecule has 0 aliphatic carbocycles. The fourth-order valence-corrected chi connectivity index (χ4v) is 2.41. The lowest BCUT2D eigenvalue weighted by atomic mass is 9.94. The van der Waals surface area contributed by atoms with E-state index in [2.05, 4.69) is 24.0 Å². The van der Waals surface area contributed by atoms with Gasteiger partial charge in [0.1, 0.15) is 17.3 Å². The molecular formula is C17H23N3O2. The van der Waals surface area contributed by atoms with Crippen LogP contribution in [0.1, 0.15) is 43.0 Å². The number of nitrogens with zero attached hydrogens (tertiary/aromatic N) is 2. The van der Waals surface area contributed by atoms with Crippen molar-refractivity contribution in [1.82, 2.24) is 10.2 Å². The van der Waals surface area contributed by atoms with Gasteiger partial charge in [0.2, 0.25) is 0 Å². The smallest absolute Gasteiger partial charge is 0.146 e. The van der Waals surface area contributed by atoms with Gasteiger partial charge in [-0.25, -0.2) is 0 Å². The molecule has 1 unspecified atom stereocenters. The van der Waals surface area contributed by atoms with E-state index in [0.29, 0.717) is 18.2 Å². The third-order valence-electron chi connectivity index (χ3n) is 3.92. The number of rotatable bonds is 6. The van der Waals surface area contributed by atoms with E-state index in [-0.39, 0.29) is 0 Å². The molecule has 118 valence electrons. The third kappa shape index (κ3) is 3.47. The number of hydrogen-bond donors (Lipinski definition) is 1. The number of nitrogens with two attached hydrogens (primary N) is 1. The lowest BCUT2D eigenvalue weighted by Crippen LogP contribution is -2.07. The van der Waals surface area contributed by atoms with E-state index in [1.165, 1.54) is 0 Å². The zero-order valence-corrected chi connectivity index (χ0v) is 13.6. The van der Waals surface area contributed by atoms with Crippen LogP contribution in [-0.4, -0.2) is 24.4 Å². The largest absolute Gasteiger partial charge is 0.497 e. The summed E-state index contributed by atoms with van der Waals surface area (Å²) >= 11 is 0. The van der Waals surface area contributed by atoms with E-state index in [9.17, 15) is 0 Å². The van der Waals surface area contributed by atoms with Gasteiger partial charge < -0.3 is 15.2 Å². The highest BCUT2D eigenvalue weighted by Gasteiger charge is 2.15. The molecule has 2 aromatic rings. The van der Waals surface area contributed by atoms with Crippen LogP contribution in [0.3, 0.4) is 0 Å².